The van der Waals surface area contributed by atoms with Crippen LogP contribution in [-0.2, 0) is 0 Å². The Kier molecular flexibility index (Phi) is 2.45. The molecule has 5 heteroatoms. The molecule has 1 saturated heterocycles. The van der Waals surface area contributed by atoms with Crippen molar-refractivity contribution >= 4 is 21.9 Å². The summed E-state index contributed by atoms with van der Waals surface area (Å²) in [6.07, 6.45) is 4.21. The third-order valence-electron chi connectivity index (χ3n) is 2.52. The Balaban J connectivity index is 2.03. The molecule has 1 fully saturated rings. The van der Waals surface area contributed by atoms with Gasteiger partial charge in [0.2, 0.25) is 5.95 Å². The minimum absolute atomic E-state index is 0.531. The first kappa shape index (κ1) is 9.86. The van der Waals surface area contributed by atoms with Crippen LogP contribution in [0.3, 0.4) is 0 Å². The van der Waals surface area contributed by atoms with E-state index >= 15 is 0 Å². The van der Waals surface area contributed by atoms with Crippen LogP contribution in [0.15, 0.2) is 16.9 Å². The van der Waals surface area contributed by atoms with Crippen LogP contribution in [0, 0.1) is 0 Å². The molecular formula is C9H12BrN3O. The fourth-order valence-electron chi connectivity index (χ4n) is 1.50. The Bertz CT molecular complexity index is 321. The molecule has 1 aliphatic heterocycles. The lowest BCUT2D eigenvalue weighted by Crippen LogP contribution is -2.62. The molecule has 2 heterocycles. The summed E-state index contributed by atoms with van der Waals surface area (Å²) in [4.78, 5) is 10.3. The summed E-state index contributed by atoms with van der Waals surface area (Å²) < 4.78 is 0.868. The van der Waals surface area contributed by atoms with Gasteiger partial charge in [-0.15, -0.1) is 0 Å². The number of hydrogen-bond acceptors (Lipinski definition) is 4. The topological polar surface area (TPSA) is 49.2 Å². The maximum absolute atomic E-state index is 9.80. The van der Waals surface area contributed by atoms with Gasteiger partial charge >= 0.3 is 0 Å². The van der Waals surface area contributed by atoms with Crippen LogP contribution in [0.2, 0.25) is 0 Å². The standard InChI is InChI=1S/C9H12BrN3O/c1-2-9(14)5-13(6-9)8-11-3-7(10)4-12-8/h3-4,14H,2,5-6H2,1H3. The van der Waals surface area contributed by atoms with Gasteiger partial charge in [0.25, 0.3) is 0 Å². The van der Waals surface area contributed by atoms with E-state index in [-0.39, 0.29) is 0 Å². The minimum atomic E-state index is -0.531. The number of halogens is 1. The number of aliphatic hydroxyl groups is 1. The van der Waals surface area contributed by atoms with Crippen LogP contribution in [0.5, 0.6) is 0 Å². The highest BCUT2D eigenvalue weighted by atomic mass is 79.9. The van der Waals surface area contributed by atoms with Crippen molar-refractivity contribution in [3.05, 3.63) is 16.9 Å². The van der Waals surface area contributed by atoms with Crippen LogP contribution in [-0.4, -0.2) is 33.8 Å². The lowest BCUT2D eigenvalue weighted by atomic mass is 9.92. The molecular weight excluding hydrogens is 246 g/mol. The number of anilines is 1. The van der Waals surface area contributed by atoms with Crippen molar-refractivity contribution < 1.29 is 5.11 Å². The molecule has 14 heavy (non-hydrogen) atoms. The Morgan fingerprint density at radius 1 is 1.50 bits per heavy atom. The highest BCUT2D eigenvalue weighted by Crippen LogP contribution is 2.27. The molecule has 0 spiro atoms. The Morgan fingerprint density at radius 3 is 2.57 bits per heavy atom. The monoisotopic (exact) mass is 257 g/mol. The molecule has 0 bridgehead atoms. The van der Waals surface area contributed by atoms with Gasteiger partial charge < -0.3 is 10.0 Å². The van der Waals surface area contributed by atoms with Crippen molar-refractivity contribution in [3.8, 4) is 0 Å². The van der Waals surface area contributed by atoms with Gasteiger partial charge in [-0.2, -0.15) is 0 Å². The van der Waals surface area contributed by atoms with Crippen LogP contribution >= 0.6 is 15.9 Å². The molecule has 2 rings (SSSR count). The second kappa shape index (κ2) is 3.47. The van der Waals surface area contributed by atoms with Crippen molar-refractivity contribution in [2.75, 3.05) is 18.0 Å². The van der Waals surface area contributed by atoms with Crippen LogP contribution in [0.4, 0.5) is 5.95 Å². The average Bonchev–Trinajstić information content (AvgIpc) is 2.15. The van der Waals surface area contributed by atoms with Gasteiger partial charge in [-0.25, -0.2) is 9.97 Å². The van der Waals surface area contributed by atoms with E-state index in [9.17, 15) is 5.11 Å². The molecule has 0 amide bonds. The number of hydrogen-bond donors (Lipinski definition) is 1. The van der Waals surface area contributed by atoms with E-state index < -0.39 is 5.60 Å². The highest BCUT2D eigenvalue weighted by Gasteiger charge is 2.40. The number of rotatable bonds is 2. The van der Waals surface area contributed by atoms with Gasteiger partial charge in [0.05, 0.1) is 23.2 Å². The van der Waals surface area contributed by atoms with Crippen LogP contribution in [0.1, 0.15) is 13.3 Å². The predicted molar refractivity (Wildman–Crippen MR) is 57.2 cm³/mol. The molecule has 4 nitrogen and oxygen atoms in total. The second-order valence-electron chi connectivity index (χ2n) is 3.64. The van der Waals surface area contributed by atoms with Crippen molar-refractivity contribution in [1.29, 1.82) is 0 Å². The average molecular weight is 258 g/mol. The molecule has 0 aromatic carbocycles. The van der Waals surface area contributed by atoms with E-state index in [2.05, 4.69) is 25.9 Å². The van der Waals surface area contributed by atoms with E-state index in [1.54, 1.807) is 12.4 Å². The summed E-state index contributed by atoms with van der Waals surface area (Å²) in [5.41, 5.74) is -0.531. The Labute approximate surface area is 91.1 Å². The quantitative estimate of drug-likeness (QED) is 0.866. The molecule has 1 N–H and O–H groups in total. The van der Waals surface area contributed by atoms with E-state index in [1.165, 1.54) is 0 Å². The van der Waals surface area contributed by atoms with Crippen molar-refractivity contribution in [2.24, 2.45) is 0 Å². The third-order valence-corrected chi connectivity index (χ3v) is 2.93. The highest BCUT2D eigenvalue weighted by molar-refractivity contribution is 9.10. The first-order valence-electron chi connectivity index (χ1n) is 4.58. The van der Waals surface area contributed by atoms with E-state index in [0.717, 1.165) is 10.9 Å². The zero-order valence-electron chi connectivity index (χ0n) is 7.94. The Morgan fingerprint density at radius 2 is 2.07 bits per heavy atom. The largest absolute Gasteiger partial charge is 0.386 e. The molecule has 0 unspecified atom stereocenters. The molecule has 0 atom stereocenters. The summed E-state index contributed by atoms with van der Waals surface area (Å²) in [6.45, 7) is 3.25. The van der Waals surface area contributed by atoms with E-state index in [0.29, 0.717) is 19.0 Å². The minimum Gasteiger partial charge on any atom is -0.386 e. The van der Waals surface area contributed by atoms with Gasteiger partial charge in [-0.05, 0) is 22.4 Å². The molecule has 76 valence electrons. The maximum atomic E-state index is 9.80. The fraction of sp³-hybridized carbons (Fsp3) is 0.556. The Hall–Kier alpha value is -0.680. The zero-order valence-corrected chi connectivity index (χ0v) is 9.53. The summed E-state index contributed by atoms with van der Waals surface area (Å²) in [5, 5.41) is 9.80. The van der Waals surface area contributed by atoms with E-state index in [1.807, 2.05) is 11.8 Å². The number of nitrogens with zero attached hydrogens (tertiary/aromatic N) is 3. The van der Waals surface area contributed by atoms with Gasteiger partial charge in [0.15, 0.2) is 0 Å². The number of aromatic nitrogens is 2. The summed E-state index contributed by atoms with van der Waals surface area (Å²) in [5.74, 6) is 0.686. The normalized spacial score (nSPS) is 19.2. The van der Waals surface area contributed by atoms with Gasteiger partial charge in [-0.1, -0.05) is 6.92 Å². The maximum Gasteiger partial charge on any atom is 0.225 e. The van der Waals surface area contributed by atoms with Crippen molar-refractivity contribution in [3.63, 3.8) is 0 Å². The van der Waals surface area contributed by atoms with Gasteiger partial charge in [0, 0.05) is 12.4 Å². The first-order chi connectivity index (χ1) is 6.63. The second-order valence-corrected chi connectivity index (χ2v) is 4.55. The molecule has 0 radical (unpaired) electrons. The molecule has 0 aliphatic carbocycles. The molecule has 1 aromatic heterocycles. The predicted octanol–water partition coefficient (Wildman–Crippen LogP) is 1.20. The third kappa shape index (κ3) is 1.74. The lowest BCUT2D eigenvalue weighted by molar-refractivity contribution is 0.00755. The zero-order chi connectivity index (χ0) is 10.2. The van der Waals surface area contributed by atoms with E-state index in [4.69, 9.17) is 0 Å². The van der Waals surface area contributed by atoms with Crippen molar-refractivity contribution in [1.82, 2.24) is 9.97 Å². The molecule has 1 aromatic rings. The number of β-amino-alcohol motifs (C(OH)–C–C–N with tert-alkyl or cyclic N) is 1. The molecule has 1 aliphatic rings. The fourth-order valence-corrected chi connectivity index (χ4v) is 1.70. The SMILES string of the molecule is CCC1(O)CN(c2ncc(Br)cn2)C1. The van der Waals surface area contributed by atoms with Gasteiger partial charge in [-0.3, -0.25) is 0 Å². The summed E-state index contributed by atoms with van der Waals surface area (Å²) in [6, 6.07) is 0. The smallest absolute Gasteiger partial charge is 0.225 e. The van der Waals surface area contributed by atoms with Crippen molar-refractivity contribution in [2.45, 2.75) is 18.9 Å². The van der Waals surface area contributed by atoms with Crippen LogP contribution < -0.4 is 4.90 Å². The lowest BCUT2D eigenvalue weighted by Gasteiger charge is -2.45. The van der Waals surface area contributed by atoms with Crippen LogP contribution in [0.25, 0.3) is 0 Å². The summed E-state index contributed by atoms with van der Waals surface area (Å²) in [7, 11) is 0. The van der Waals surface area contributed by atoms with Gasteiger partial charge in [0.1, 0.15) is 0 Å². The summed E-state index contributed by atoms with van der Waals surface area (Å²) >= 11 is 3.28. The first-order valence-corrected chi connectivity index (χ1v) is 5.37. The molecule has 0 saturated carbocycles.